The first kappa shape index (κ1) is 15.7. The maximum Gasteiger partial charge on any atom is 0.194 e. The third-order valence-corrected chi connectivity index (χ3v) is 2.24. The van der Waals surface area contributed by atoms with Crippen LogP contribution in [0, 0.1) is 11.6 Å². The monoisotopic (exact) mass is 272 g/mol. The summed E-state index contributed by atoms with van der Waals surface area (Å²) in [5.41, 5.74) is -0.843. The molecule has 0 heterocycles. The van der Waals surface area contributed by atoms with Crippen LogP contribution in [0.15, 0.2) is 18.2 Å². The Morgan fingerprint density at radius 3 is 2.26 bits per heavy atom. The molecule has 1 aromatic carbocycles. The van der Waals surface area contributed by atoms with Gasteiger partial charge < -0.3 is 9.47 Å². The highest BCUT2D eigenvalue weighted by molar-refractivity contribution is 5.97. The summed E-state index contributed by atoms with van der Waals surface area (Å²) < 4.78 is 37.0. The molecule has 19 heavy (non-hydrogen) atoms. The smallest absolute Gasteiger partial charge is 0.194 e. The molecule has 0 N–H and O–H groups in total. The van der Waals surface area contributed by atoms with E-state index in [1.54, 1.807) is 0 Å². The number of hydrogen-bond donors (Lipinski definition) is 0. The Balaban J connectivity index is 2.40. The highest BCUT2D eigenvalue weighted by Gasteiger charge is 2.17. The lowest BCUT2D eigenvalue weighted by Crippen LogP contribution is -2.23. The number of ketones is 1. The molecule has 0 amide bonds. The third-order valence-electron chi connectivity index (χ3n) is 2.24. The number of hydrogen-bond acceptors (Lipinski definition) is 3. The van der Waals surface area contributed by atoms with E-state index in [-0.39, 0.29) is 18.8 Å². The van der Waals surface area contributed by atoms with Crippen LogP contribution in [0.1, 0.15) is 31.1 Å². The first-order chi connectivity index (χ1) is 8.81. The number of carbonyl (C=O) groups is 1. The topological polar surface area (TPSA) is 35.5 Å². The van der Waals surface area contributed by atoms with Gasteiger partial charge in [-0.3, -0.25) is 4.79 Å². The quantitative estimate of drug-likeness (QED) is 0.590. The van der Waals surface area contributed by atoms with E-state index < -0.39 is 23.0 Å². The van der Waals surface area contributed by atoms with Gasteiger partial charge in [0.1, 0.15) is 18.2 Å². The van der Waals surface area contributed by atoms with Crippen molar-refractivity contribution in [1.29, 1.82) is 0 Å². The minimum absolute atomic E-state index is 0.194. The Hall–Kier alpha value is -1.33. The van der Waals surface area contributed by atoms with E-state index in [0.29, 0.717) is 6.61 Å². The second kappa shape index (κ2) is 6.73. The molecule has 0 aromatic heterocycles. The van der Waals surface area contributed by atoms with E-state index >= 15 is 0 Å². The van der Waals surface area contributed by atoms with E-state index in [0.717, 1.165) is 12.1 Å². The predicted octanol–water partition coefficient (Wildman–Crippen LogP) is 2.98. The SMILES string of the molecule is CC(C)(C)OCCOCC(=O)c1c(F)cccc1F. The van der Waals surface area contributed by atoms with E-state index in [4.69, 9.17) is 9.47 Å². The van der Waals surface area contributed by atoms with E-state index in [2.05, 4.69) is 0 Å². The molecule has 1 rings (SSSR count). The first-order valence-electron chi connectivity index (χ1n) is 6.00. The van der Waals surface area contributed by atoms with Crippen molar-refractivity contribution < 1.29 is 23.0 Å². The van der Waals surface area contributed by atoms with Crippen molar-refractivity contribution in [3.05, 3.63) is 35.4 Å². The highest BCUT2D eigenvalue weighted by atomic mass is 19.1. The molecular weight excluding hydrogens is 254 g/mol. The van der Waals surface area contributed by atoms with Gasteiger partial charge >= 0.3 is 0 Å². The molecule has 0 spiro atoms. The minimum atomic E-state index is -0.875. The van der Waals surface area contributed by atoms with Gasteiger partial charge in [0.05, 0.1) is 24.4 Å². The number of ether oxygens (including phenoxy) is 2. The Bertz CT molecular complexity index is 419. The molecule has 0 radical (unpaired) electrons. The lowest BCUT2D eigenvalue weighted by molar-refractivity contribution is -0.0324. The number of Topliss-reactive ketones (excluding diaryl/α,β-unsaturated/α-hetero) is 1. The number of carbonyl (C=O) groups excluding carboxylic acids is 1. The molecule has 5 heteroatoms. The van der Waals surface area contributed by atoms with Crippen molar-refractivity contribution in [1.82, 2.24) is 0 Å². The first-order valence-corrected chi connectivity index (χ1v) is 6.00. The largest absolute Gasteiger partial charge is 0.373 e. The predicted molar refractivity (Wildman–Crippen MR) is 67.2 cm³/mol. The zero-order chi connectivity index (χ0) is 14.5. The molecule has 106 valence electrons. The summed E-state index contributed by atoms with van der Waals surface area (Å²) >= 11 is 0. The van der Waals surface area contributed by atoms with Crippen LogP contribution in [0.2, 0.25) is 0 Å². The van der Waals surface area contributed by atoms with Gasteiger partial charge in [0.15, 0.2) is 5.78 Å². The van der Waals surface area contributed by atoms with Crippen molar-refractivity contribution >= 4 is 5.78 Å². The van der Waals surface area contributed by atoms with Crippen LogP contribution < -0.4 is 0 Å². The van der Waals surface area contributed by atoms with Crippen LogP contribution >= 0.6 is 0 Å². The highest BCUT2D eigenvalue weighted by Crippen LogP contribution is 2.13. The maximum atomic E-state index is 13.3. The van der Waals surface area contributed by atoms with Crippen LogP contribution in [0.4, 0.5) is 8.78 Å². The average molecular weight is 272 g/mol. The second-order valence-corrected chi connectivity index (χ2v) is 5.03. The molecule has 0 unspecified atom stereocenters. The minimum Gasteiger partial charge on any atom is -0.373 e. The average Bonchev–Trinajstić information content (AvgIpc) is 2.26. The van der Waals surface area contributed by atoms with Crippen molar-refractivity contribution in [3.63, 3.8) is 0 Å². The summed E-state index contributed by atoms with van der Waals surface area (Å²) in [7, 11) is 0. The van der Waals surface area contributed by atoms with Gasteiger partial charge in [-0.2, -0.15) is 0 Å². The van der Waals surface area contributed by atoms with Gasteiger partial charge in [0.2, 0.25) is 0 Å². The normalized spacial score (nSPS) is 11.6. The Morgan fingerprint density at radius 2 is 1.74 bits per heavy atom. The van der Waals surface area contributed by atoms with Crippen LogP contribution in [0.3, 0.4) is 0 Å². The summed E-state index contributed by atoms with van der Waals surface area (Å²) in [6, 6.07) is 3.29. The molecular formula is C14H18F2O3. The van der Waals surface area contributed by atoms with Gasteiger partial charge in [0, 0.05) is 0 Å². The Morgan fingerprint density at radius 1 is 1.16 bits per heavy atom. The van der Waals surface area contributed by atoms with Gasteiger partial charge in [-0.05, 0) is 32.9 Å². The molecule has 1 aromatic rings. The van der Waals surface area contributed by atoms with Crippen LogP contribution in [-0.2, 0) is 9.47 Å². The van der Waals surface area contributed by atoms with E-state index in [1.165, 1.54) is 6.07 Å². The van der Waals surface area contributed by atoms with Gasteiger partial charge in [-0.1, -0.05) is 6.07 Å². The number of rotatable bonds is 6. The van der Waals surface area contributed by atoms with Gasteiger partial charge in [-0.25, -0.2) is 8.78 Å². The lowest BCUT2D eigenvalue weighted by Gasteiger charge is -2.19. The summed E-state index contributed by atoms with van der Waals surface area (Å²) in [5, 5.41) is 0. The molecule has 0 bridgehead atoms. The third kappa shape index (κ3) is 5.44. The maximum absolute atomic E-state index is 13.3. The Labute approximate surface area is 111 Å². The van der Waals surface area contributed by atoms with Crippen LogP contribution in [0.25, 0.3) is 0 Å². The fourth-order valence-corrected chi connectivity index (χ4v) is 1.41. The Kier molecular flexibility index (Phi) is 5.57. The zero-order valence-electron chi connectivity index (χ0n) is 11.3. The van der Waals surface area contributed by atoms with Crippen LogP contribution in [-0.4, -0.2) is 31.2 Å². The zero-order valence-corrected chi connectivity index (χ0v) is 11.3. The molecule has 0 aliphatic carbocycles. The van der Waals surface area contributed by atoms with Crippen molar-refractivity contribution in [3.8, 4) is 0 Å². The molecule has 0 aliphatic rings. The summed E-state index contributed by atoms with van der Waals surface area (Å²) in [4.78, 5) is 11.6. The van der Waals surface area contributed by atoms with Gasteiger partial charge in [0.25, 0.3) is 0 Å². The van der Waals surface area contributed by atoms with Crippen LogP contribution in [0.5, 0.6) is 0 Å². The molecule has 0 saturated carbocycles. The summed E-state index contributed by atoms with van der Waals surface area (Å²) in [5.74, 6) is -2.47. The number of benzene rings is 1. The van der Waals surface area contributed by atoms with E-state index in [1.807, 2.05) is 20.8 Å². The van der Waals surface area contributed by atoms with Crippen molar-refractivity contribution in [2.24, 2.45) is 0 Å². The second-order valence-electron chi connectivity index (χ2n) is 5.03. The fourth-order valence-electron chi connectivity index (χ4n) is 1.41. The number of halogens is 2. The van der Waals surface area contributed by atoms with Crippen molar-refractivity contribution in [2.75, 3.05) is 19.8 Å². The molecule has 0 fully saturated rings. The standard InChI is InChI=1S/C14H18F2O3/c1-14(2,3)19-8-7-18-9-12(17)13-10(15)5-4-6-11(13)16/h4-6H,7-9H2,1-3H3. The van der Waals surface area contributed by atoms with Gasteiger partial charge in [-0.15, -0.1) is 0 Å². The molecule has 3 nitrogen and oxygen atoms in total. The van der Waals surface area contributed by atoms with Crippen molar-refractivity contribution in [2.45, 2.75) is 26.4 Å². The molecule has 0 aliphatic heterocycles. The van der Waals surface area contributed by atoms with E-state index in [9.17, 15) is 13.6 Å². The molecule has 0 atom stereocenters. The summed E-state index contributed by atoms with van der Waals surface area (Å²) in [6.45, 7) is 5.83. The lowest BCUT2D eigenvalue weighted by atomic mass is 10.1. The fraction of sp³-hybridized carbons (Fsp3) is 0.500. The molecule has 0 saturated heterocycles. The summed E-state index contributed by atoms with van der Waals surface area (Å²) in [6.07, 6.45) is 0.